The molecule has 2 aromatic rings. The van der Waals surface area contributed by atoms with E-state index in [0.29, 0.717) is 5.76 Å². The SMILES string of the molecule is CCC(C)n1nc(C)cc1NC(=O)Cc1cc(C)no1. The predicted molar refractivity (Wildman–Crippen MR) is 75.5 cm³/mol. The summed E-state index contributed by atoms with van der Waals surface area (Å²) >= 11 is 0. The first-order valence-electron chi connectivity index (χ1n) is 6.77. The Morgan fingerprint density at radius 1 is 1.40 bits per heavy atom. The normalized spacial score (nSPS) is 12.4. The van der Waals surface area contributed by atoms with Crippen molar-refractivity contribution in [3.63, 3.8) is 0 Å². The predicted octanol–water partition coefficient (Wildman–Crippen LogP) is 2.64. The van der Waals surface area contributed by atoms with Gasteiger partial charge in [-0.15, -0.1) is 0 Å². The summed E-state index contributed by atoms with van der Waals surface area (Å²) < 4.78 is 6.89. The number of nitrogens with zero attached hydrogens (tertiary/aromatic N) is 3. The molecule has 2 heterocycles. The highest BCUT2D eigenvalue weighted by Gasteiger charge is 2.14. The van der Waals surface area contributed by atoms with Crippen LogP contribution in [0.15, 0.2) is 16.7 Å². The number of aryl methyl sites for hydroxylation is 2. The second-order valence-corrected chi connectivity index (χ2v) is 5.03. The molecule has 108 valence electrons. The Kier molecular flexibility index (Phi) is 4.22. The molecule has 2 aromatic heterocycles. The van der Waals surface area contributed by atoms with E-state index in [1.54, 1.807) is 6.07 Å². The molecule has 0 bridgehead atoms. The fourth-order valence-electron chi connectivity index (χ4n) is 1.96. The molecule has 0 aliphatic rings. The van der Waals surface area contributed by atoms with Crippen molar-refractivity contribution >= 4 is 11.7 Å². The number of aromatic nitrogens is 3. The Balaban J connectivity index is 2.07. The first-order chi connectivity index (χ1) is 9.49. The van der Waals surface area contributed by atoms with Gasteiger partial charge in [-0.1, -0.05) is 12.1 Å². The van der Waals surface area contributed by atoms with E-state index >= 15 is 0 Å². The minimum Gasteiger partial charge on any atom is -0.361 e. The highest BCUT2D eigenvalue weighted by Crippen LogP contribution is 2.19. The summed E-state index contributed by atoms with van der Waals surface area (Å²) in [6.07, 6.45) is 1.12. The Morgan fingerprint density at radius 3 is 2.75 bits per heavy atom. The minimum absolute atomic E-state index is 0.134. The van der Waals surface area contributed by atoms with E-state index in [1.165, 1.54) is 0 Å². The number of hydrogen-bond acceptors (Lipinski definition) is 4. The van der Waals surface area contributed by atoms with Crippen LogP contribution in [0.4, 0.5) is 5.82 Å². The molecule has 2 rings (SSSR count). The highest BCUT2D eigenvalue weighted by molar-refractivity contribution is 5.91. The number of anilines is 1. The first-order valence-corrected chi connectivity index (χ1v) is 6.77. The summed E-state index contributed by atoms with van der Waals surface area (Å²) in [6, 6.07) is 3.87. The van der Waals surface area contributed by atoms with Crippen LogP contribution in [0.2, 0.25) is 0 Å². The van der Waals surface area contributed by atoms with Crippen LogP contribution in [0.25, 0.3) is 0 Å². The summed E-state index contributed by atoms with van der Waals surface area (Å²) in [5.41, 5.74) is 1.66. The first kappa shape index (κ1) is 14.3. The lowest BCUT2D eigenvalue weighted by Crippen LogP contribution is -2.18. The van der Waals surface area contributed by atoms with Crippen LogP contribution in [-0.2, 0) is 11.2 Å². The Hall–Kier alpha value is -2.11. The molecule has 1 N–H and O–H groups in total. The van der Waals surface area contributed by atoms with Gasteiger partial charge in [0, 0.05) is 12.1 Å². The standard InChI is InChI=1S/C14H20N4O2/c1-5-11(4)18-13(7-9(2)16-18)15-14(19)8-12-6-10(3)17-20-12/h6-7,11H,5,8H2,1-4H3,(H,15,19). The van der Waals surface area contributed by atoms with Crippen LogP contribution >= 0.6 is 0 Å². The smallest absolute Gasteiger partial charge is 0.233 e. The molecule has 0 aliphatic heterocycles. The van der Waals surface area contributed by atoms with Crippen molar-refractivity contribution in [2.24, 2.45) is 0 Å². The number of carbonyl (C=O) groups excluding carboxylic acids is 1. The largest absolute Gasteiger partial charge is 0.361 e. The molecule has 0 saturated carbocycles. The molecule has 6 heteroatoms. The third-order valence-corrected chi connectivity index (χ3v) is 3.15. The summed E-state index contributed by atoms with van der Waals surface area (Å²) in [7, 11) is 0. The zero-order chi connectivity index (χ0) is 14.7. The van der Waals surface area contributed by atoms with Gasteiger partial charge in [0.25, 0.3) is 0 Å². The molecular formula is C14H20N4O2. The van der Waals surface area contributed by atoms with Gasteiger partial charge >= 0.3 is 0 Å². The summed E-state index contributed by atoms with van der Waals surface area (Å²) in [4.78, 5) is 12.0. The lowest BCUT2D eigenvalue weighted by Gasteiger charge is -2.13. The van der Waals surface area contributed by atoms with Gasteiger partial charge < -0.3 is 9.84 Å². The van der Waals surface area contributed by atoms with Gasteiger partial charge in [-0.05, 0) is 27.2 Å². The molecule has 0 fully saturated rings. The fourth-order valence-corrected chi connectivity index (χ4v) is 1.96. The van der Waals surface area contributed by atoms with Crippen molar-refractivity contribution in [1.29, 1.82) is 0 Å². The van der Waals surface area contributed by atoms with E-state index in [1.807, 2.05) is 24.6 Å². The molecule has 0 aromatic carbocycles. The van der Waals surface area contributed by atoms with E-state index in [-0.39, 0.29) is 18.4 Å². The van der Waals surface area contributed by atoms with Crippen molar-refractivity contribution in [2.75, 3.05) is 5.32 Å². The van der Waals surface area contributed by atoms with Crippen LogP contribution in [0.3, 0.4) is 0 Å². The third-order valence-electron chi connectivity index (χ3n) is 3.15. The van der Waals surface area contributed by atoms with Gasteiger partial charge in [-0.2, -0.15) is 5.10 Å². The van der Waals surface area contributed by atoms with E-state index < -0.39 is 0 Å². The fraction of sp³-hybridized carbons (Fsp3) is 0.500. The maximum Gasteiger partial charge on any atom is 0.233 e. The van der Waals surface area contributed by atoms with Gasteiger partial charge in [-0.25, -0.2) is 4.68 Å². The second kappa shape index (κ2) is 5.90. The van der Waals surface area contributed by atoms with Crippen molar-refractivity contribution in [2.45, 2.75) is 46.6 Å². The van der Waals surface area contributed by atoms with Crippen LogP contribution in [-0.4, -0.2) is 20.8 Å². The molecule has 0 saturated heterocycles. The van der Waals surface area contributed by atoms with Crippen molar-refractivity contribution < 1.29 is 9.32 Å². The summed E-state index contributed by atoms with van der Waals surface area (Å²) in [6.45, 7) is 7.90. The average molecular weight is 276 g/mol. The van der Waals surface area contributed by atoms with Crippen molar-refractivity contribution in [1.82, 2.24) is 14.9 Å². The highest BCUT2D eigenvalue weighted by atomic mass is 16.5. The third kappa shape index (κ3) is 3.26. The van der Waals surface area contributed by atoms with E-state index in [2.05, 4.69) is 29.4 Å². The van der Waals surface area contributed by atoms with Gasteiger partial charge in [0.05, 0.1) is 23.9 Å². The van der Waals surface area contributed by atoms with Gasteiger partial charge in [-0.3, -0.25) is 4.79 Å². The monoisotopic (exact) mass is 276 g/mol. The number of rotatable bonds is 5. The topological polar surface area (TPSA) is 73.0 Å². The van der Waals surface area contributed by atoms with Crippen LogP contribution in [0.1, 0.15) is 43.5 Å². The number of hydrogen-bond donors (Lipinski definition) is 1. The molecule has 6 nitrogen and oxygen atoms in total. The van der Waals surface area contributed by atoms with Gasteiger partial charge in [0.2, 0.25) is 5.91 Å². The second-order valence-electron chi connectivity index (χ2n) is 5.03. The van der Waals surface area contributed by atoms with E-state index in [9.17, 15) is 4.79 Å². The Labute approximate surface area is 118 Å². The van der Waals surface area contributed by atoms with Crippen LogP contribution in [0, 0.1) is 13.8 Å². The maximum atomic E-state index is 12.0. The van der Waals surface area contributed by atoms with E-state index in [0.717, 1.165) is 23.6 Å². The van der Waals surface area contributed by atoms with Crippen molar-refractivity contribution in [3.05, 3.63) is 29.3 Å². The lowest BCUT2D eigenvalue weighted by molar-refractivity contribution is -0.115. The molecule has 1 atom stereocenters. The number of carbonyl (C=O) groups is 1. The molecule has 0 spiro atoms. The Morgan fingerprint density at radius 2 is 2.15 bits per heavy atom. The summed E-state index contributed by atoms with van der Waals surface area (Å²) in [5.74, 6) is 1.15. The zero-order valence-corrected chi connectivity index (χ0v) is 12.3. The molecular weight excluding hydrogens is 256 g/mol. The average Bonchev–Trinajstić information content (AvgIpc) is 2.94. The van der Waals surface area contributed by atoms with Crippen molar-refractivity contribution in [3.8, 4) is 0 Å². The number of nitrogens with one attached hydrogen (secondary N) is 1. The minimum atomic E-state index is -0.134. The quantitative estimate of drug-likeness (QED) is 0.911. The Bertz CT molecular complexity index is 600. The molecule has 0 aliphatic carbocycles. The van der Waals surface area contributed by atoms with Gasteiger partial charge in [0.15, 0.2) is 0 Å². The molecule has 1 amide bonds. The van der Waals surface area contributed by atoms with Crippen LogP contribution in [0.5, 0.6) is 0 Å². The maximum absolute atomic E-state index is 12.0. The lowest BCUT2D eigenvalue weighted by atomic mass is 10.2. The molecule has 1 unspecified atom stereocenters. The number of amides is 1. The van der Waals surface area contributed by atoms with Gasteiger partial charge in [0.1, 0.15) is 11.6 Å². The zero-order valence-electron chi connectivity index (χ0n) is 12.3. The van der Waals surface area contributed by atoms with E-state index in [4.69, 9.17) is 4.52 Å². The summed E-state index contributed by atoms with van der Waals surface area (Å²) in [5, 5.41) is 11.1. The van der Waals surface area contributed by atoms with Crippen LogP contribution < -0.4 is 5.32 Å². The molecule has 0 radical (unpaired) electrons. The molecule has 20 heavy (non-hydrogen) atoms.